The number of ketones is 2. The summed E-state index contributed by atoms with van der Waals surface area (Å²) in [4.78, 5) is 22.4. The first-order valence-electron chi connectivity index (χ1n) is 4.32. The summed E-state index contributed by atoms with van der Waals surface area (Å²) in [5.41, 5.74) is 0.155. The fourth-order valence-corrected chi connectivity index (χ4v) is 1.35. The van der Waals surface area contributed by atoms with Gasteiger partial charge in [0.15, 0.2) is 11.5 Å². The zero-order valence-electron chi connectivity index (χ0n) is 7.91. The van der Waals surface area contributed by atoms with E-state index in [9.17, 15) is 14.0 Å². The third-order valence-electron chi connectivity index (χ3n) is 1.96. The van der Waals surface area contributed by atoms with Crippen molar-refractivity contribution in [3.8, 4) is 5.75 Å². The number of fused-ring (bicyclic) bond motifs is 1. The number of Topliss-reactive ketones (excluding diaryl/α,β-unsaturated/α-hetero) is 1. The van der Waals surface area contributed by atoms with Gasteiger partial charge in [0.1, 0.15) is 11.6 Å². The first-order valence-corrected chi connectivity index (χ1v) is 4.32. The van der Waals surface area contributed by atoms with Crippen LogP contribution in [0.4, 0.5) is 4.39 Å². The molecule has 2 rings (SSSR count). The second kappa shape index (κ2) is 3.31. The molecule has 1 heterocycles. The predicted octanol–water partition coefficient (Wildman–Crippen LogP) is 1.87. The highest BCUT2D eigenvalue weighted by Gasteiger charge is 2.27. The minimum atomic E-state index is -0.505. The third kappa shape index (κ3) is 1.66. The van der Waals surface area contributed by atoms with Gasteiger partial charge in [-0.1, -0.05) is 0 Å². The summed E-state index contributed by atoms with van der Waals surface area (Å²) in [6.07, 6.45) is 1.10. The molecule has 0 bridgehead atoms. The van der Waals surface area contributed by atoms with Crippen molar-refractivity contribution in [2.45, 2.75) is 6.92 Å². The van der Waals surface area contributed by atoms with Crippen LogP contribution in [0.3, 0.4) is 0 Å². The molecule has 3 nitrogen and oxygen atoms in total. The summed E-state index contributed by atoms with van der Waals surface area (Å²) < 4.78 is 17.9. The topological polar surface area (TPSA) is 43.4 Å². The van der Waals surface area contributed by atoms with Gasteiger partial charge in [-0.3, -0.25) is 9.59 Å². The van der Waals surface area contributed by atoms with Gasteiger partial charge >= 0.3 is 0 Å². The third-order valence-corrected chi connectivity index (χ3v) is 1.96. The molecule has 1 aromatic carbocycles. The van der Waals surface area contributed by atoms with E-state index in [0.717, 1.165) is 12.1 Å². The van der Waals surface area contributed by atoms with Gasteiger partial charge in [-0.05, 0) is 25.1 Å². The van der Waals surface area contributed by atoms with E-state index < -0.39 is 11.6 Å². The number of hydrogen-bond acceptors (Lipinski definition) is 3. The van der Waals surface area contributed by atoms with Crippen LogP contribution in [0.1, 0.15) is 17.3 Å². The van der Waals surface area contributed by atoms with Crippen LogP contribution < -0.4 is 4.74 Å². The van der Waals surface area contributed by atoms with Gasteiger partial charge < -0.3 is 4.74 Å². The molecule has 1 aromatic rings. The summed E-state index contributed by atoms with van der Waals surface area (Å²) >= 11 is 0. The van der Waals surface area contributed by atoms with Crippen LogP contribution >= 0.6 is 0 Å². The Hall–Kier alpha value is -1.97. The maximum absolute atomic E-state index is 12.8. The van der Waals surface area contributed by atoms with E-state index in [-0.39, 0.29) is 22.9 Å². The van der Waals surface area contributed by atoms with Crippen LogP contribution in [0.25, 0.3) is 0 Å². The molecule has 0 atom stereocenters. The molecule has 0 spiro atoms. The quantitative estimate of drug-likeness (QED) is 0.659. The molecule has 1 aliphatic rings. The highest BCUT2D eigenvalue weighted by atomic mass is 19.1. The lowest BCUT2D eigenvalue weighted by Crippen LogP contribution is -2.01. The minimum Gasteiger partial charge on any atom is -0.452 e. The normalized spacial score (nSPS) is 16.4. The van der Waals surface area contributed by atoms with Gasteiger partial charge in [0.25, 0.3) is 0 Å². The molecular formula is C11H7FO3. The zero-order valence-corrected chi connectivity index (χ0v) is 7.91. The number of allylic oxidation sites excluding steroid dienone is 2. The average Bonchev–Trinajstić information content (AvgIpc) is 2.44. The van der Waals surface area contributed by atoms with Gasteiger partial charge in [-0.25, -0.2) is 4.39 Å². The van der Waals surface area contributed by atoms with E-state index in [2.05, 4.69) is 0 Å². The summed E-state index contributed by atoms with van der Waals surface area (Å²) in [6.45, 7) is 1.31. The Morgan fingerprint density at radius 1 is 1.47 bits per heavy atom. The van der Waals surface area contributed by atoms with E-state index in [1.807, 2.05) is 0 Å². The van der Waals surface area contributed by atoms with Crippen LogP contribution in [-0.4, -0.2) is 11.6 Å². The number of carbonyl (C=O) groups is 2. The number of benzene rings is 1. The van der Waals surface area contributed by atoms with E-state index in [4.69, 9.17) is 4.74 Å². The number of ether oxygens (including phenoxy) is 1. The van der Waals surface area contributed by atoms with Gasteiger partial charge in [0.05, 0.1) is 5.56 Å². The van der Waals surface area contributed by atoms with Crippen molar-refractivity contribution in [1.82, 2.24) is 0 Å². The van der Waals surface area contributed by atoms with E-state index in [1.54, 1.807) is 0 Å². The van der Waals surface area contributed by atoms with Crippen molar-refractivity contribution in [2.75, 3.05) is 0 Å². The van der Waals surface area contributed by atoms with E-state index >= 15 is 0 Å². The van der Waals surface area contributed by atoms with Crippen LogP contribution in [-0.2, 0) is 4.79 Å². The number of carbonyl (C=O) groups excluding carboxylic acids is 2. The molecule has 0 unspecified atom stereocenters. The Labute approximate surface area is 85.2 Å². The lowest BCUT2D eigenvalue weighted by atomic mass is 10.1. The molecule has 76 valence electrons. The summed E-state index contributed by atoms with van der Waals surface area (Å²) in [7, 11) is 0. The van der Waals surface area contributed by atoms with Gasteiger partial charge in [0, 0.05) is 6.08 Å². The number of rotatable bonds is 1. The Morgan fingerprint density at radius 3 is 2.87 bits per heavy atom. The molecule has 0 saturated heterocycles. The molecule has 15 heavy (non-hydrogen) atoms. The largest absolute Gasteiger partial charge is 0.452 e. The maximum atomic E-state index is 12.8. The number of hydrogen-bond donors (Lipinski definition) is 0. The van der Waals surface area contributed by atoms with E-state index in [0.29, 0.717) is 0 Å². The molecule has 0 saturated carbocycles. The monoisotopic (exact) mass is 206 g/mol. The molecule has 0 amide bonds. The zero-order chi connectivity index (χ0) is 11.0. The second-order valence-corrected chi connectivity index (χ2v) is 3.19. The summed E-state index contributed by atoms with van der Waals surface area (Å²) in [6, 6.07) is 3.66. The van der Waals surface area contributed by atoms with Gasteiger partial charge in [0.2, 0.25) is 5.78 Å². The second-order valence-electron chi connectivity index (χ2n) is 3.19. The van der Waals surface area contributed by atoms with Crippen LogP contribution in [0.15, 0.2) is 30.0 Å². The molecule has 4 heteroatoms. The molecule has 0 fully saturated rings. The average molecular weight is 206 g/mol. The predicted molar refractivity (Wildman–Crippen MR) is 50.1 cm³/mol. The number of halogens is 1. The van der Waals surface area contributed by atoms with Crippen molar-refractivity contribution < 1.29 is 18.7 Å². The van der Waals surface area contributed by atoms with Gasteiger partial charge in [-0.15, -0.1) is 0 Å². The molecule has 1 aliphatic heterocycles. The highest BCUT2D eigenvalue weighted by Crippen LogP contribution is 2.31. The summed E-state index contributed by atoms with van der Waals surface area (Å²) in [5, 5.41) is 0. The fraction of sp³-hybridized carbons (Fsp3) is 0.0909. The Balaban J connectivity index is 2.46. The molecule has 0 N–H and O–H groups in total. The summed E-state index contributed by atoms with van der Waals surface area (Å²) in [5.74, 6) is -1.02. The standard InChI is InChI=1S/C11H7FO3/c1-6(13)4-10-11(14)8-5-7(12)2-3-9(8)15-10/h2-5H,1H3/b10-4-. The molecular weight excluding hydrogens is 199 g/mol. The first-order chi connectivity index (χ1) is 7.08. The van der Waals surface area contributed by atoms with Crippen molar-refractivity contribution >= 4 is 11.6 Å². The van der Waals surface area contributed by atoms with Crippen molar-refractivity contribution in [3.63, 3.8) is 0 Å². The molecule has 0 aromatic heterocycles. The lowest BCUT2D eigenvalue weighted by Gasteiger charge is -1.95. The van der Waals surface area contributed by atoms with Crippen molar-refractivity contribution in [2.24, 2.45) is 0 Å². The highest BCUT2D eigenvalue weighted by molar-refractivity contribution is 6.14. The molecule has 0 radical (unpaired) electrons. The molecule has 0 aliphatic carbocycles. The Morgan fingerprint density at radius 2 is 2.20 bits per heavy atom. The van der Waals surface area contributed by atoms with Crippen molar-refractivity contribution in [1.29, 1.82) is 0 Å². The first kappa shape index (κ1) is 9.58. The van der Waals surface area contributed by atoms with Crippen LogP contribution in [0, 0.1) is 5.82 Å². The Bertz CT molecular complexity index is 489. The minimum absolute atomic E-state index is 0.0527. The fourth-order valence-electron chi connectivity index (χ4n) is 1.35. The van der Waals surface area contributed by atoms with Crippen LogP contribution in [0.2, 0.25) is 0 Å². The lowest BCUT2D eigenvalue weighted by molar-refractivity contribution is -0.112. The smallest absolute Gasteiger partial charge is 0.232 e. The van der Waals surface area contributed by atoms with Gasteiger partial charge in [-0.2, -0.15) is 0 Å². The van der Waals surface area contributed by atoms with Crippen LogP contribution in [0.5, 0.6) is 5.75 Å². The Kier molecular flexibility index (Phi) is 2.11. The van der Waals surface area contributed by atoms with Crippen molar-refractivity contribution in [3.05, 3.63) is 41.4 Å². The van der Waals surface area contributed by atoms with E-state index in [1.165, 1.54) is 19.1 Å². The SMILES string of the molecule is CC(=O)/C=C1\Oc2ccc(F)cc2C1=O. The maximum Gasteiger partial charge on any atom is 0.232 e.